The largest absolute Gasteiger partial charge is 0.480 e. The molecule has 47 heavy (non-hydrogen) atoms. The average molecular weight is 669 g/mol. The third-order valence-electron chi connectivity index (χ3n) is 8.35. The van der Waals surface area contributed by atoms with Crippen molar-refractivity contribution in [2.45, 2.75) is 68.3 Å². The Hall–Kier alpha value is -4.49. The number of ether oxygens (including phenoxy) is 3. The molecule has 0 aromatic heterocycles. The van der Waals surface area contributed by atoms with Gasteiger partial charge in [-0.15, -0.1) is 0 Å². The number of carboxylic acid groups (broad SMARTS) is 1. The highest BCUT2D eigenvalue weighted by atomic mass is 32.2. The number of carbonyl (C=O) groups is 3. The Morgan fingerprint density at radius 2 is 1.64 bits per heavy atom. The van der Waals surface area contributed by atoms with Gasteiger partial charge in [0, 0.05) is 13.3 Å². The number of carboxylic acids is 1. The van der Waals surface area contributed by atoms with E-state index in [1.54, 1.807) is 6.07 Å². The number of benzene rings is 3. The minimum absolute atomic E-state index is 0.0183. The minimum atomic E-state index is -4.03. The van der Waals surface area contributed by atoms with Crippen LogP contribution in [0.5, 0.6) is 5.75 Å². The average Bonchev–Trinajstić information content (AvgIpc) is 3.04. The van der Waals surface area contributed by atoms with Crippen LogP contribution in [-0.4, -0.2) is 61.3 Å². The molecule has 1 unspecified atom stereocenters. The second-order valence-corrected chi connectivity index (χ2v) is 13.8. The van der Waals surface area contributed by atoms with E-state index in [9.17, 15) is 32.3 Å². The van der Waals surface area contributed by atoms with Crippen LogP contribution >= 0.6 is 0 Å². The van der Waals surface area contributed by atoms with Crippen molar-refractivity contribution >= 4 is 28.1 Å². The molecule has 2 N–H and O–H groups in total. The molecular weight excluding hydrogens is 631 g/mol. The van der Waals surface area contributed by atoms with E-state index in [2.05, 4.69) is 5.32 Å². The maximum absolute atomic E-state index is 13.7. The molecule has 250 valence electrons. The lowest BCUT2D eigenvalue weighted by Gasteiger charge is -2.48. The fourth-order valence-electron chi connectivity index (χ4n) is 5.84. The van der Waals surface area contributed by atoms with Gasteiger partial charge in [-0.1, -0.05) is 61.7 Å². The summed E-state index contributed by atoms with van der Waals surface area (Å²) >= 11 is 0. The van der Waals surface area contributed by atoms with E-state index in [0.717, 1.165) is 24.8 Å². The maximum atomic E-state index is 13.7. The van der Waals surface area contributed by atoms with E-state index in [1.165, 1.54) is 53.7 Å². The highest BCUT2D eigenvalue weighted by Crippen LogP contribution is 2.40. The molecule has 0 radical (unpaired) electrons. The zero-order valence-corrected chi connectivity index (χ0v) is 26.7. The number of sulfonamides is 1. The normalized spacial score (nSPS) is 17.8. The summed E-state index contributed by atoms with van der Waals surface area (Å²) in [4.78, 5) is 36.8. The zero-order chi connectivity index (χ0) is 33.6. The summed E-state index contributed by atoms with van der Waals surface area (Å²) in [6, 6.07) is 19.0. The number of alkyl carbamates (subject to hydrolysis) is 1. The second-order valence-electron chi connectivity index (χ2n) is 11.8. The molecule has 11 nitrogen and oxygen atoms in total. The van der Waals surface area contributed by atoms with Gasteiger partial charge in [0.05, 0.1) is 23.9 Å². The first-order valence-electron chi connectivity index (χ1n) is 15.4. The van der Waals surface area contributed by atoms with Crippen molar-refractivity contribution < 1.29 is 46.5 Å². The number of nitrogens with one attached hydrogen (secondary N) is 1. The molecule has 2 aliphatic rings. The van der Waals surface area contributed by atoms with Crippen molar-refractivity contribution in [2.24, 2.45) is 5.92 Å². The first-order chi connectivity index (χ1) is 22.4. The lowest BCUT2D eigenvalue weighted by atomic mass is 9.87. The van der Waals surface area contributed by atoms with Gasteiger partial charge in [0.2, 0.25) is 16.3 Å². The molecule has 2 atom stereocenters. The standard InChI is InChI=1S/C34H37FN2O9S/c1-23(44-32(40)25-10-4-2-5-11-25)45-33(41)36-30(31(38)39)20-24-9-8-14-29(19-24)47(42,43)37-21-34(22-37,26-12-6-3-7-13-26)46-28-17-15-27(35)16-18-28/h3,6-9,12-19,23,25,30H,2,4-5,10-11,20-22H2,1H3,(H,36,41)(H,38,39)/t23?,30-/m0/s1. The summed E-state index contributed by atoms with van der Waals surface area (Å²) < 4.78 is 58.6. The maximum Gasteiger partial charge on any atom is 0.410 e. The number of rotatable bonds is 12. The van der Waals surface area contributed by atoms with Gasteiger partial charge in [0.25, 0.3) is 0 Å². The molecule has 1 aliphatic carbocycles. The summed E-state index contributed by atoms with van der Waals surface area (Å²) in [5.74, 6) is -2.11. The van der Waals surface area contributed by atoms with Crippen molar-refractivity contribution in [3.05, 3.63) is 95.8 Å². The van der Waals surface area contributed by atoms with Crippen LogP contribution in [0, 0.1) is 11.7 Å². The predicted octanol–water partition coefficient (Wildman–Crippen LogP) is 5.00. The molecule has 1 saturated heterocycles. The lowest BCUT2D eigenvalue weighted by Crippen LogP contribution is -2.64. The fraction of sp³-hybridized carbons (Fsp3) is 0.382. The highest BCUT2D eigenvalue weighted by molar-refractivity contribution is 7.89. The Morgan fingerprint density at radius 1 is 0.957 bits per heavy atom. The third kappa shape index (κ3) is 8.27. The summed E-state index contributed by atoms with van der Waals surface area (Å²) in [5.41, 5.74) is 0.0856. The van der Waals surface area contributed by atoms with Gasteiger partial charge in [0.1, 0.15) is 17.6 Å². The topological polar surface area (TPSA) is 149 Å². The molecule has 5 rings (SSSR count). The molecule has 1 aliphatic heterocycles. The summed E-state index contributed by atoms with van der Waals surface area (Å²) in [7, 11) is -4.03. The smallest absolute Gasteiger partial charge is 0.410 e. The number of hydrogen-bond acceptors (Lipinski definition) is 8. The quantitative estimate of drug-likeness (QED) is 0.201. The van der Waals surface area contributed by atoms with Crippen LogP contribution in [0.15, 0.2) is 83.8 Å². The van der Waals surface area contributed by atoms with E-state index in [0.29, 0.717) is 24.2 Å². The van der Waals surface area contributed by atoms with E-state index in [1.807, 2.05) is 30.3 Å². The number of halogens is 1. The summed E-state index contributed by atoms with van der Waals surface area (Å²) in [6.07, 6.45) is 1.78. The first kappa shape index (κ1) is 33.9. The van der Waals surface area contributed by atoms with Crippen LogP contribution in [-0.2, 0) is 41.1 Å². The van der Waals surface area contributed by atoms with Crippen LogP contribution in [0.1, 0.15) is 50.2 Å². The van der Waals surface area contributed by atoms with Crippen molar-refractivity contribution in [3.8, 4) is 5.75 Å². The second kappa shape index (κ2) is 14.5. The number of esters is 1. The fourth-order valence-corrected chi connectivity index (χ4v) is 7.44. The Kier molecular flexibility index (Phi) is 10.5. The number of aliphatic carboxylic acids is 1. The Bertz CT molecular complexity index is 1670. The summed E-state index contributed by atoms with van der Waals surface area (Å²) in [5, 5.41) is 12.0. The van der Waals surface area contributed by atoms with Gasteiger partial charge < -0.3 is 24.6 Å². The first-order valence-corrected chi connectivity index (χ1v) is 16.9. The molecule has 0 spiro atoms. The van der Waals surface area contributed by atoms with E-state index in [-0.39, 0.29) is 30.3 Å². The third-order valence-corrected chi connectivity index (χ3v) is 10.1. The monoisotopic (exact) mass is 668 g/mol. The van der Waals surface area contributed by atoms with Crippen LogP contribution in [0.2, 0.25) is 0 Å². The Morgan fingerprint density at radius 3 is 2.30 bits per heavy atom. The number of amides is 1. The van der Waals surface area contributed by atoms with Crippen molar-refractivity contribution in [1.82, 2.24) is 9.62 Å². The zero-order valence-electron chi connectivity index (χ0n) is 25.8. The molecule has 0 bridgehead atoms. The van der Waals surface area contributed by atoms with E-state index in [4.69, 9.17) is 14.2 Å². The van der Waals surface area contributed by atoms with E-state index < -0.39 is 51.8 Å². The number of hydrogen-bond donors (Lipinski definition) is 2. The highest BCUT2D eigenvalue weighted by Gasteiger charge is 2.52. The van der Waals surface area contributed by atoms with Gasteiger partial charge in [-0.3, -0.25) is 4.79 Å². The van der Waals surface area contributed by atoms with Crippen molar-refractivity contribution in [3.63, 3.8) is 0 Å². The molecule has 1 amide bonds. The van der Waals surface area contributed by atoms with Crippen LogP contribution in [0.25, 0.3) is 0 Å². The molecule has 1 saturated carbocycles. The van der Waals surface area contributed by atoms with Gasteiger partial charge >= 0.3 is 18.0 Å². The number of carbonyl (C=O) groups excluding carboxylic acids is 2. The minimum Gasteiger partial charge on any atom is -0.480 e. The van der Waals surface area contributed by atoms with Crippen molar-refractivity contribution in [2.75, 3.05) is 13.1 Å². The molecule has 3 aromatic carbocycles. The lowest BCUT2D eigenvalue weighted by molar-refractivity contribution is -0.171. The van der Waals surface area contributed by atoms with Crippen molar-refractivity contribution in [1.29, 1.82) is 0 Å². The van der Waals surface area contributed by atoms with Crippen LogP contribution in [0.3, 0.4) is 0 Å². The molecular formula is C34H37FN2O9S. The Balaban J connectivity index is 1.23. The van der Waals surface area contributed by atoms with Gasteiger partial charge in [-0.2, -0.15) is 4.31 Å². The molecule has 3 aromatic rings. The van der Waals surface area contributed by atoms with Crippen LogP contribution in [0.4, 0.5) is 9.18 Å². The van der Waals surface area contributed by atoms with Gasteiger partial charge in [-0.25, -0.2) is 22.4 Å². The van der Waals surface area contributed by atoms with Crippen LogP contribution < -0.4 is 10.1 Å². The molecule has 1 heterocycles. The van der Waals surface area contributed by atoms with Gasteiger partial charge in [-0.05, 0) is 60.4 Å². The predicted molar refractivity (Wildman–Crippen MR) is 167 cm³/mol. The SMILES string of the molecule is CC(OC(=O)N[C@@H](Cc1cccc(S(=O)(=O)N2CC(Oc3ccc(F)cc3)(c3ccccc3)C2)c1)C(=O)O)OC(=O)C1CCCCC1. The molecule has 13 heteroatoms. The summed E-state index contributed by atoms with van der Waals surface area (Å²) in [6.45, 7) is 1.34. The van der Waals surface area contributed by atoms with E-state index >= 15 is 0 Å². The number of nitrogens with zero attached hydrogens (tertiary/aromatic N) is 1. The molecule has 2 fully saturated rings. The van der Waals surface area contributed by atoms with Gasteiger partial charge in [0.15, 0.2) is 5.60 Å². The Labute approximate surface area is 272 Å².